The highest BCUT2D eigenvalue weighted by molar-refractivity contribution is 8.00. The van der Waals surface area contributed by atoms with Crippen molar-refractivity contribution >= 4 is 46.9 Å². The Morgan fingerprint density at radius 1 is 0.818 bits per heavy atom. The Balaban J connectivity index is 1.50. The Labute approximate surface area is 263 Å². The minimum Gasteiger partial charge on any atom is -0.497 e. The standard InChI is InChI=1S/C36H37N3O4S/c1-5-33(36(42)38-28-13-9-15-30(22-28)43-4)44-31-16-10-14-29(23-31)37-35(41)32(39-34(40)27-11-7-6-8-12-27)21-25-17-19-26(20-18-25)24(2)3/h6-24,33H,5H2,1-4H3,(H,37,41)(H,38,42)(H,39,40)/b32-21+. The Kier molecular flexibility index (Phi) is 11.4. The summed E-state index contributed by atoms with van der Waals surface area (Å²) in [5.41, 5.74) is 3.71. The van der Waals surface area contributed by atoms with Crippen molar-refractivity contribution in [2.75, 3.05) is 17.7 Å². The summed E-state index contributed by atoms with van der Waals surface area (Å²) in [4.78, 5) is 40.4. The summed E-state index contributed by atoms with van der Waals surface area (Å²) in [5, 5.41) is 8.29. The number of carbonyl (C=O) groups is 3. The molecule has 3 amide bonds. The Bertz CT molecular complexity index is 1620. The predicted octanol–water partition coefficient (Wildman–Crippen LogP) is 7.74. The Morgan fingerprint density at radius 2 is 1.50 bits per heavy atom. The Hall–Kier alpha value is -4.82. The van der Waals surface area contributed by atoms with Gasteiger partial charge in [0, 0.05) is 27.9 Å². The molecular weight excluding hydrogens is 570 g/mol. The van der Waals surface area contributed by atoms with Gasteiger partial charge in [0.2, 0.25) is 5.91 Å². The minimum atomic E-state index is -0.466. The lowest BCUT2D eigenvalue weighted by atomic mass is 10.0. The zero-order chi connectivity index (χ0) is 31.5. The summed E-state index contributed by atoms with van der Waals surface area (Å²) in [7, 11) is 1.58. The molecule has 0 spiro atoms. The molecule has 0 heterocycles. The number of hydrogen-bond acceptors (Lipinski definition) is 5. The lowest BCUT2D eigenvalue weighted by Gasteiger charge is -2.16. The van der Waals surface area contributed by atoms with E-state index in [1.807, 2.05) is 73.7 Å². The number of methoxy groups -OCH3 is 1. The van der Waals surface area contributed by atoms with Crippen LogP contribution in [0, 0.1) is 0 Å². The molecule has 0 aliphatic rings. The molecule has 1 unspecified atom stereocenters. The Morgan fingerprint density at radius 3 is 2.16 bits per heavy atom. The molecule has 0 aromatic heterocycles. The number of amides is 3. The molecule has 8 heteroatoms. The third-order valence-corrected chi connectivity index (χ3v) is 8.17. The predicted molar refractivity (Wildman–Crippen MR) is 179 cm³/mol. The summed E-state index contributed by atoms with van der Waals surface area (Å²) in [6, 6.07) is 31.2. The third-order valence-electron chi connectivity index (χ3n) is 6.81. The van der Waals surface area contributed by atoms with E-state index in [1.165, 1.54) is 17.3 Å². The molecule has 3 N–H and O–H groups in total. The van der Waals surface area contributed by atoms with E-state index in [1.54, 1.807) is 49.6 Å². The van der Waals surface area contributed by atoms with Crippen LogP contribution in [0.25, 0.3) is 6.08 Å². The topological polar surface area (TPSA) is 96.5 Å². The number of thioether (sulfide) groups is 1. The first kappa shape index (κ1) is 32.1. The monoisotopic (exact) mass is 607 g/mol. The molecule has 4 aromatic carbocycles. The first-order valence-corrected chi connectivity index (χ1v) is 15.3. The summed E-state index contributed by atoms with van der Waals surface area (Å²) in [6.07, 6.45) is 2.26. The zero-order valence-corrected chi connectivity index (χ0v) is 26.1. The van der Waals surface area contributed by atoms with Gasteiger partial charge in [0.1, 0.15) is 11.4 Å². The van der Waals surface area contributed by atoms with E-state index >= 15 is 0 Å². The molecule has 0 saturated heterocycles. The number of ether oxygens (including phenoxy) is 1. The lowest BCUT2D eigenvalue weighted by molar-refractivity contribution is -0.116. The molecule has 1 atom stereocenters. The maximum Gasteiger partial charge on any atom is 0.272 e. The molecule has 4 aromatic rings. The van der Waals surface area contributed by atoms with Gasteiger partial charge in [-0.05, 0) is 72.0 Å². The van der Waals surface area contributed by atoms with Gasteiger partial charge in [-0.25, -0.2) is 0 Å². The maximum absolute atomic E-state index is 13.5. The normalized spacial score (nSPS) is 11.9. The van der Waals surface area contributed by atoms with Gasteiger partial charge < -0.3 is 20.7 Å². The second-order valence-corrected chi connectivity index (χ2v) is 11.7. The van der Waals surface area contributed by atoms with Crippen LogP contribution in [0.2, 0.25) is 0 Å². The van der Waals surface area contributed by atoms with Crippen LogP contribution >= 0.6 is 11.8 Å². The second-order valence-electron chi connectivity index (χ2n) is 10.4. The molecule has 44 heavy (non-hydrogen) atoms. The van der Waals surface area contributed by atoms with Crippen molar-refractivity contribution in [3.63, 3.8) is 0 Å². The maximum atomic E-state index is 13.5. The molecule has 0 saturated carbocycles. The van der Waals surface area contributed by atoms with Gasteiger partial charge in [-0.2, -0.15) is 0 Å². The van der Waals surface area contributed by atoms with Crippen molar-refractivity contribution in [2.45, 2.75) is 43.3 Å². The largest absolute Gasteiger partial charge is 0.497 e. The van der Waals surface area contributed by atoms with Crippen LogP contribution in [0.5, 0.6) is 5.75 Å². The van der Waals surface area contributed by atoms with Gasteiger partial charge in [-0.1, -0.05) is 75.4 Å². The SMILES string of the molecule is CCC(Sc1cccc(NC(=O)/C(=C\c2ccc(C(C)C)cc2)NC(=O)c2ccccc2)c1)C(=O)Nc1cccc(OC)c1. The van der Waals surface area contributed by atoms with Crippen LogP contribution < -0.4 is 20.7 Å². The second kappa shape index (κ2) is 15.6. The van der Waals surface area contributed by atoms with Crippen molar-refractivity contribution in [3.05, 3.63) is 126 Å². The first-order valence-electron chi connectivity index (χ1n) is 14.5. The van der Waals surface area contributed by atoms with E-state index < -0.39 is 5.91 Å². The molecular formula is C36H37N3O4S. The molecule has 7 nitrogen and oxygen atoms in total. The van der Waals surface area contributed by atoms with Crippen LogP contribution in [-0.4, -0.2) is 30.1 Å². The minimum absolute atomic E-state index is 0.110. The van der Waals surface area contributed by atoms with E-state index in [0.717, 1.165) is 10.5 Å². The van der Waals surface area contributed by atoms with Crippen molar-refractivity contribution in [1.29, 1.82) is 0 Å². The van der Waals surface area contributed by atoms with Crippen LogP contribution in [-0.2, 0) is 9.59 Å². The van der Waals surface area contributed by atoms with Crippen molar-refractivity contribution in [3.8, 4) is 5.75 Å². The number of nitrogens with one attached hydrogen (secondary N) is 3. The molecule has 0 bridgehead atoms. The van der Waals surface area contributed by atoms with E-state index in [9.17, 15) is 14.4 Å². The van der Waals surface area contributed by atoms with Crippen molar-refractivity contribution < 1.29 is 19.1 Å². The highest BCUT2D eigenvalue weighted by Gasteiger charge is 2.20. The highest BCUT2D eigenvalue weighted by Crippen LogP contribution is 2.29. The van der Waals surface area contributed by atoms with Crippen LogP contribution in [0.4, 0.5) is 11.4 Å². The van der Waals surface area contributed by atoms with E-state index in [2.05, 4.69) is 29.8 Å². The zero-order valence-electron chi connectivity index (χ0n) is 25.3. The van der Waals surface area contributed by atoms with Gasteiger partial charge in [0.05, 0.1) is 12.4 Å². The van der Waals surface area contributed by atoms with Gasteiger partial charge in [0.15, 0.2) is 0 Å². The molecule has 0 radical (unpaired) electrons. The van der Waals surface area contributed by atoms with Crippen LogP contribution in [0.3, 0.4) is 0 Å². The fraction of sp³-hybridized carbons (Fsp3) is 0.194. The molecule has 4 rings (SSSR count). The average Bonchev–Trinajstić information content (AvgIpc) is 3.04. The molecule has 0 aliphatic heterocycles. The fourth-order valence-electron chi connectivity index (χ4n) is 4.34. The van der Waals surface area contributed by atoms with Gasteiger partial charge in [0.25, 0.3) is 11.8 Å². The van der Waals surface area contributed by atoms with Gasteiger partial charge in [-0.15, -0.1) is 11.8 Å². The van der Waals surface area contributed by atoms with Crippen LogP contribution in [0.15, 0.2) is 114 Å². The van der Waals surface area contributed by atoms with E-state index in [-0.39, 0.29) is 22.8 Å². The van der Waals surface area contributed by atoms with Gasteiger partial charge >= 0.3 is 0 Å². The van der Waals surface area contributed by atoms with E-state index in [4.69, 9.17) is 4.74 Å². The first-order chi connectivity index (χ1) is 21.2. The third kappa shape index (κ3) is 9.09. The summed E-state index contributed by atoms with van der Waals surface area (Å²) in [5.74, 6) is 0.0551. The lowest BCUT2D eigenvalue weighted by Crippen LogP contribution is -2.30. The number of carbonyl (C=O) groups excluding carboxylic acids is 3. The number of hydrogen-bond donors (Lipinski definition) is 3. The summed E-state index contributed by atoms with van der Waals surface area (Å²) in [6.45, 7) is 6.19. The van der Waals surface area contributed by atoms with Gasteiger partial charge in [-0.3, -0.25) is 14.4 Å². The highest BCUT2D eigenvalue weighted by atomic mass is 32.2. The van der Waals surface area contributed by atoms with E-state index in [0.29, 0.717) is 35.0 Å². The fourth-order valence-corrected chi connectivity index (χ4v) is 5.36. The molecule has 0 fully saturated rings. The molecule has 226 valence electrons. The van der Waals surface area contributed by atoms with Crippen molar-refractivity contribution in [2.24, 2.45) is 0 Å². The van der Waals surface area contributed by atoms with Crippen molar-refractivity contribution in [1.82, 2.24) is 5.32 Å². The number of rotatable bonds is 12. The summed E-state index contributed by atoms with van der Waals surface area (Å²) < 4.78 is 5.25. The number of anilines is 2. The molecule has 0 aliphatic carbocycles. The smallest absolute Gasteiger partial charge is 0.272 e. The quantitative estimate of drug-likeness (QED) is 0.113. The number of benzene rings is 4. The summed E-state index contributed by atoms with van der Waals surface area (Å²) >= 11 is 1.41. The average molecular weight is 608 g/mol. The van der Waals surface area contributed by atoms with Crippen LogP contribution in [0.1, 0.15) is 54.6 Å².